The highest BCUT2D eigenvalue weighted by molar-refractivity contribution is 5.71. The second-order valence-electron chi connectivity index (χ2n) is 3.12. The Morgan fingerprint density at radius 3 is 2.75 bits per heavy atom. The van der Waals surface area contributed by atoms with E-state index in [-0.39, 0.29) is 12.3 Å². The zero-order valence-corrected chi connectivity index (χ0v) is 8.71. The van der Waals surface area contributed by atoms with Crippen molar-refractivity contribution in [3.05, 3.63) is 36.2 Å². The largest absolute Gasteiger partial charge is 0.469 e. The van der Waals surface area contributed by atoms with Gasteiger partial charge in [0, 0.05) is 5.56 Å². The SMILES string of the molecule is COC(=O)Cc1nnc(-c2ccccc2)o1. The molecule has 16 heavy (non-hydrogen) atoms. The molecule has 0 saturated heterocycles. The average Bonchev–Trinajstić information content (AvgIpc) is 2.78. The fourth-order valence-electron chi connectivity index (χ4n) is 1.22. The number of hydrogen-bond acceptors (Lipinski definition) is 5. The first-order chi connectivity index (χ1) is 7.79. The van der Waals surface area contributed by atoms with Crippen molar-refractivity contribution < 1.29 is 13.9 Å². The summed E-state index contributed by atoms with van der Waals surface area (Å²) in [6.07, 6.45) is -0.00364. The van der Waals surface area contributed by atoms with E-state index in [1.807, 2.05) is 30.3 Å². The number of ether oxygens (including phenoxy) is 1. The average molecular weight is 218 g/mol. The quantitative estimate of drug-likeness (QED) is 0.729. The third-order valence-corrected chi connectivity index (χ3v) is 2.01. The smallest absolute Gasteiger partial charge is 0.315 e. The van der Waals surface area contributed by atoms with Gasteiger partial charge in [-0.1, -0.05) is 18.2 Å². The zero-order chi connectivity index (χ0) is 11.4. The summed E-state index contributed by atoms with van der Waals surface area (Å²) in [5.41, 5.74) is 0.825. The third kappa shape index (κ3) is 2.25. The monoisotopic (exact) mass is 218 g/mol. The van der Waals surface area contributed by atoms with E-state index in [1.54, 1.807) is 0 Å². The van der Waals surface area contributed by atoms with Crippen LogP contribution in [0.5, 0.6) is 0 Å². The number of methoxy groups -OCH3 is 1. The summed E-state index contributed by atoms with van der Waals surface area (Å²) in [6, 6.07) is 9.36. The summed E-state index contributed by atoms with van der Waals surface area (Å²) in [5, 5.41) is 7.61. The van der Waals surface area contributed by atoms with Crippen molar-refractivity contribution in [3.63, 3.8) is 0 Å². The van der Waals surface area contributed by atoms with Crippen molar-refractivity contribution in [2.75, 3.05) is 7.11 Å². The number of carbonyl (C=O) groups is 1. The summed E-state index contributed by atoms with van der Waals surface area (Å²) in [4.78, 5) is 11.0. The summed E-state index contributed by atoms with van der Waals surface area (Å²) in [7, 11) is 1.32. The maximum absolute atomic E-state index is 11.0. The number of benzene rings is 1. The Morgan fingerprint density at radius 1 is 1.31 bits per heavy atom. The Balaban J connectivity index is 2.17. The van der Waals surface area contributed by atoms with Crippen LogP contribution in [0.2, 0.25) is 0 Å². The maximum Gasteiger partial charge on any atom is 0.315 e. The molecule has 0 amide bonds. The van der Waals surface area contributed by atoms with Gasteiger partial charge < -0.3 is 9.15 Å². The molecule has 0 aliphatic rings. The zero-order valence-electron chi connectivity index (χ0n) is 8.71. The molecule has 82 valence electrons. The molecule has 5 nitrogen and oxygen atoms in total. The molecule has 1 aromatic carbocycles. The van der Waals surface area contributed by atoms with E-state index >= 15 is 0 Å². The van der Waals surface area contributed by atoms with Gasteiger partial charge in [0.15, 0.2) is 0 Å². The minimum Gasteiger partial charge on any atom is -0.469 e. The van der Waals surface area contributed by atoms with Crippen molar-refractivity contribution in [1.82, 2.24) is 10.2 Å². The van der Waals surface area contributed by atoms with Crippen LogP contribution in [-0.2, 0) is 16.0 Å². The molecule has 0 spiro atoms. The van der Waals surface area contributed by atoms with Crippen molar-refractivity contribution in [2.45, 2.75) is 6.42 Å². The van der Waals surface area contributed by atoms with Gasteiger partial charge in [-0.15, -0.1) is 10.2 Å². The van der Waals surface area contributed by atoms with Gasteiger partial charge in [0.1, 0.15) is 6.42 Å². The molecular weight excluding hydrogens is 208 g/mol. The Bertz CT molecular complexity index is 479. The molecule has 0 N–H and O–H groups in total. The molecule has 0 aliphatic heterocycles. The molecule has 1 aromatic heterocycles. The van der Waals surface area contributed by atoms with Crippen LogP contribution in [0.15, 0.2) is 34.7 Å². The molecular formula is C11H10N2O3. The standard InChI is InChI=1S/C11H10N2O3/c1-15-10(14)7-9-12-13-11(16-9)8-5-3-2-4-6-8/h2-6H,7H2,1H3. The van der Waals surface area contributed by atoms with Gasteiger partial charge in [-0.05, 0) is 12.1 Å². The third-order valence-electron chi connectivity index (χ3n) is 2.01. The van der Waals surface area contributed by atoms with Gasteiger partial charge >= 0.3 is 5.97 Å². The Labute approximate surface area is 92.1 Å². The number of nitrogens with zero attached hydrogens (tertiary/aromatic N) is 2. The van der Waals surface area contributed by atoms with Crippen molar-refractivity contribution in [2.24, 2.45) is 0 Å². The number of rotatable bonds is 3. The lowest BCUT2D eigenvalue weighted by molar-refractivity contribution is -0.140. The predicted molar refractivity (Wildman–Crippen MR) is 55.5 cm³/mol. The number of hydrogen-bond donors (Lipinski definition) is 0. The first-order valence-electron chi connectivity index (χ1n) is 4.74. The topological polar surface area (TPSA) is 65.2 Å². The van der Waals surface area contributed by atoms with Crippen LogP contribution >= 0.6 is 0 Å². The molecule has 0 unspecified atom stereocenters. The minimum absolute atomic E-state index is 0.00364. The van der Waals surface area contributed by atoms with Gasteiger partial charge in [0.2, 0.25) is 11.8 Å². The lowest BCUT2D eigenvalue weighted by Crippen LogP contribution is -2.04. The van der Waals surface area contributed by atoms with E-state index in [1.165, 1.54) is 7.11 Å². The second kappa shape index (κ2) is 4.57. The fraction of sp³-hybridized carbons (Fsp3) is 0.182. The van der Waals surface area contributed by atoms with E-state index in [9.17, 15) is 4.79 Å². The number of esters is 1. The molecule has 0 radical (unpaired) electrons. The molecule has 0 bridgehead atoms. The van der Waals surface area contributed by atoms with E-state index in [0.29, 0.717) is 5.89 Å². The lowest BCUT2D eigenvalue weighted by atomic mass is 10.2. The second-order valence-corrected chi connectivity index (χ2v) is 3.12. The van der Waals surface area contributed by atoms with Crippen LogP contribution < -0.4 is 0 Å². The van der Waals surface area contributed by atoms with Crippen molar-refractivity contribution in [3.8, 4) is 11.5 Å². The molecule has 0 fully saturated rings. The van der Waals surface area contributed by atoms with Crippen LogP contribution in [-0.4, -0.2) is 23.3 Å². The van der Waals surface area contributed by atoms with Crippen molar-refractivity contribution in [1.29, 1.82) is 0 Å². The van der Waals surface area contributed by atoms with Crippen molar-refractivity contribution >= 4 is 5.97 Å². The minimum atomic E-state index is -0.400. The van der Waals surface area contributed by atoms with Crippen LogP contribution in [0, 0.1) is 0 Å². The molecule has 1 heterocycles. The van der Waals surface area contributed by atoms with Gasteiger partial charge in [-0.25, -0.2) is 0 Å². The maximum atomic E-state index is 11.0. The predicted octanol–water partition coefficient (Wildman–Crippen LogP) is 1.45. The van der Waals surface area contributed by atoms with Gasteiger partial charge in [-0.2, -0.15) is 0 Å². The van der Waals surface area contributed by atoms with Crippen LogP contribution in [0.4, 0.5) is 0 Å². The summed E-state index contributed by atoms with van der Waals surface area (Å²) >= 11 is 0. The molecule has 0 atom stereocenters. The lowest BCUT2D eigenvalue weighted by Gasteiger charge is -1.93. The summed E-state index contributed by atoms with van der Waals surface area (Å²) in [6.45, 7) is 0. The molecule has 2 aromatic rings. The number of aromatic nitrogens is 2. The Hall–Kier alpha value is -2.17. The summed E-state index contributed by atoms with van der Waals surface area (Å²) in [5.74, 6) is 0.258. The molecule has 5 heteroatoms. The highest BCUT2D eigenvalue weighted by Gasteiger charge is 2.11. The first-order valence-corrected chi connectivity index (χ1v) is 4.74. The van der Waals surface area contributed by atoms with E-state index in [0.717, 1.165) is 5.56 Å². The van der Waals surface area contributed by atoms with E-state index in [2.05, 4.69) is 14.9 Å². The van der Waals surface area contributed by atoms with Crippen LogP contribution in [0.25, 0.3) is 11.5 Å². The summed E-state index contributed by atoms with van der Waals surface area (Å²) < 4.78 is 9.82. The van der Waals surface area contributed by atoms with Crippen LogP contribution in [0.1, 0.15) is 5.89 Å². The molecule has 0 saturated carbocycles. The molecule has 2 rings (SSSR count). The normalized spacial score (nSPS) is 10.1. The van der Waals surface area contributed by atoms with Gasteiger partial charge in [0.05, 0.1) is 7.11 Å². The van der Waals surface area contributed by atoms with E-state index < -0.39 is 5.97 Å². The van der Waals surface area contributed by atoms with E-state index in [4.69, 9.17) is 4.42 Å². The molecule has 0 aliphatic carbocycles. The Morgan fingerprint density at radius 2 is 2.06 bits per heavy atom. The van der Waals surface area contributed by atoms with Gasteiger partial charge in [-0.3, -0.25) is 4.79 Å². The van der Waals surface area contributed by atoms with Gasteiger partial charge in [0.25, 0.3) is 0 Å². The van der Waals surface area contributed by atoms with Crippen LogP contribution in [0.3, 0.4) is 0 Å². The number of carbonyl (C=O) groups excluding carboxylic acids is 1. The highest BCUT2D eigenvalue weighted by atomic mass is 16.5. The first kappa shape index (κ1) is 10.4. The fourth-order valence-corrected chi connectivity index (χ4v) is 1.22. The highest BCUT2D eigenvalue weighted by Crippen LogP contribution is 2.16. The Kier molecular flexibility index (Phi) is 2.95.